The molecule has 0 aliphatic carbocycles. The molecule has 0 fully saturated rings. The number of thiazole rings is 1. The van der Waals surface area contributed by atoms with Gasteiger partial charge in [-0.05, 0) is 38.5 Å². The van der Waals surface area contributed by atoms with E-state index in [0.717, 1.165) is 22.0 Å². The van der Waals surface area contributed by atoms with E-state index in [0.29, 0.717) is 18.7 Å². The first-order chi connectivity index (χ1) is 12.0. The zero-order valence-electron chi connectivity index (χ0n) is 14.4. The Hall–Kier alpha value is -2.41. The molecule has 0 radical (unpaired) electrons. The molecular formula is C18H20N2O4S. The van der Waals surface area contributed by atoms with Gasteiger partial charge in [-0.25, -0.2) is 4.98 Å². The Morgan fingerprint density at radius 3 is 2.92 bits per heavy atom. The number of hydrogen-bond donors (Lipinski definition) is 0. The summed E-state index contributed by atoms with van der Waals surface area (Å²) in [5, 5.41) is 2.98. The number of benzene rings is 1. The minimum Gasteiger partial charge on any atom is -0.479 e. The maximum absolute atomic E-state index is 12.6. The average molecular weight is 360 g/mol. The van der Waals surface area contributed by atoms with Crippen LogP contribution < -0.4 is 9.64 Å². The van der Waals surface area contributed by atoms with Gasteiger partial charge >= 0.3 is 5.97 Å². The Morgan fingerprint density at radius 2 is 2.24 bits per heavy atom. The van der Waals surface area contributed by atoms with E-state index >= 15 is 0 Å². The molecule has 0 spiro atoms. The second-order valence-electron chi connectivity index (χ2n) is 5.86. The lowest BCUT2D eigenvalue weighted by molar-refractivity contribution is -0.140. The fourth-order valence-corrected chi connectivity index (χ4v) is 3.40. The van der Waals surface area contributed by atoms with Crippen LogP contribution in [0.4, 0.5) is 5.69 Å². The molecule has 1 aromatic heterocycles. The van der Waals surface area contributed by atoms with Crippen LogP contribution in [0.1, 0.15) is 24.8 Å². The molecule has 0 N–H and O–H groups in total. The highest BCUT2D eigenvalue weighted by Gasteiger charge is 2.31. The Kier molecular flexibility index (Phi) is 5.03. The molecule has 6 nitrogen and oxygen atoms in total. The van der Waals surface area contributed by atoms with E-state index in [1.54, 1.807) is 23.2 Å². The van der Waals surface area contributed by atoms with Crippen LogP contribution in [-0.4, -0.2) is 36.6 Å². The number of anilines is 1. The Labute approximate surface area is 150 Å². The first-order valence-corrected chi connectivity index (χ1v) is 8.99. The van der Waals surface area contributed by atoms with Gasteiger partial charge in [0.05, 0.1) is 23.5 Å². The van der Waals surface area contributed by atoms with Crippen molar-refractivity contribution in [1.29, 1.82) is 0 Å². The Bertz CT molecular complexity index is 802. The molecule has 1 unspecified atom stereocenters. The molecule has 25 heavy (non-hydrogen) atoms. The number of carbonyl (C=O) groups excluding carboxylic acids is 2. The molecule has 0 saturated heterocycles. The minimum atomic E-state index is -0.544. The van der Waals surface area contributed by atoms with E-state index in [1.807, 2.05) is 30.5 Å². The molecule has 1 amide bonds. The largest absolute Gasteiger partial charge is 0.479 e. The lowest BCUT2D eigenvalue weighted by atomic mass is 10.1. The summed E-state index contributed by atoms with van der Waals surface area (Å²) in [6.45, 7) is 4.13. The van der Waals surface area contributed by atoms with E-state index in [4.69, 9.17) is 4.74 Å². The van der Waals surface area contributed by atoms with Gasteiger partial charge in [0.2, 0.25) is 0 Å². The van der Waals surface area contributed by atoms with Gasteiger partial charge < -0.3 is 14.4 Å². The number of nitrogens with zero attached hydrogens (tertiary/aromatic N) is 2. The fraction of sp³-hybridized carbons (Fsp3) is 0.389. The molecule has 2 aromatic rings. The topological polar surface area (TPSA) is 68.7 Å². The summed E-state index contributed by atoms with van der Waals surface area (Å²) in [4.78, 5) is 30.1. The van der Waals surface area contributed by atoms with Crippen molar-refractivity contribution in [2.24, 2.45) is 0 Å². The lowest BCUT2D eigenvalue weighted by Crippen LogP contribution is -2.45. The van der Waals surface area contributed by atoms with Crippen LogP contribution >= 0.6 is 11.3 Å². The summed E-state index contributed by atoms with van der Waals surface area (Å²) in [6, 6.07) is 5.74. The number of rotatable bonds is 5. The summed E-state index contributed by atoms with van der Waals surface area (Å²) < 4.78 is 10.4. The zero-order chi connectivity index (χ0) is 18.0. The van der Waals surface area contributed by atoms with Crippen molar-refractivity contribution in [3.05, 3.63) is 28.6 Å². The SMILES string of the molecule is COC(=O)CCCN1C(=O)C(C)Oc2ccc(-c3csc(C)n3)cc21. The van der Waals surface area contributed by atoms with Crippen LogP contribution in [-0.2, 0) is 14.3 Å². The number of amides is 1. The molecule has 2 heterocycles. The third-order valence-corrected chi connectivity index (χ3v) is 4.85. The molecule has 1 aliphatic rings. The summed E-state index contributed by atoms with van der Waals surface area (Å²) in [6.07, 6.45) is 0.262. The predicted octanol–water partition coefficient (Wildman–Crippen LogP) is 3.19. The lowest BCUT2D eigenvalue weighted by Gasteiger charge is -2.33. The molecule has 1 aromatic carbocycles. The standard InChI is InChI=1S/C18H20N2O4S/c1-11-18(22)20(8-4-5-17(21)23-3)15-9-13(6-7-16(15)24-11)14-10-25-12(2)19-14/h6-7,9-11H,4-5,8H2,1-3H3. The number of ether oxygens (including phenoxy) is 2. The number of esters is 1. The number of hydrogen-bond acceptors (Lipinski definition) is 6. The van der Waals surface area contributed by atoms with E-state index in [9.17, 15) is 9.59 Å². The highest BCUT2D eigenvalue weighted by atomic mass is 32.1. The van der Waals surface area contributed by atoms with Gasteiger partial charge in [0.15, 0.2) is 6.10 Å². The summed E-state index contributed by atoms with van der Waals surface area (Å²) in [5.74, 6) is 0.283. The van der Waals surface area contributed by atoms with Crippen molar-refractivity contribution in [3.8, 4) is 17.0 Å². The van der Waals surface area contributed by atoms with Crippen molar-refractivity contribution in [2.75, 3.05) is 18.6 Å². The molecule has 1 aliphatic heterocycles. The van der Waals surface area contributed by atoms with Gasteiger partial charge in [-0.3, -0.25) is 9.59 Å². The van der Waals surface area contributed by atoms with Crippen LogP contribution in [0.3, 0.4) is 0 Å². The second kappa shape index (κ2) is 7.23. The molecule has 132 valence electrons. The molecule has 0 saturated carbocycles. The van der Waals surface area contributed by atoms with Crippen LogP contribution in [0.5, 0.6) is 5.75 Å². The van der Waals surface area contributed by atoms with Crippen LogP contribution in [0.15, 0.2) is 23.6 Å². The summed E-state index contributed by atoms with van der Waals surface area (Å²) in [7, 11) is 1.36. The van der Waals surface area contributed by atoms with Crippen LogP contribution in [0, 0.1) is 6.92 Å². The Morgan fingerprint density at radius 1 is 1.44 bits per heavy atom. The fourth-order valence-electron chi connectivity index (χ4n) is 2.78. The molecule has 1 atom stereocenters. The second-order valence-corrected chi connectivity index (χ2v) is 6.93. The minimum absolute atomic E-state index is 0.107. The summed E-state index contributed by atoms with van der Waals surface area (Å²) >= 11 is 1.58. The van der Waals surface area contributed by atoms with Gasteiger partial charge in [-0.2, -0.15) is 0 Å². The third-order valence-electron chi connectivity index (χ3n) is 4.07. The number of fused-ring (bicyclic) bond motifs is 1. The molecule has 3 rings (SSSR count). The number of aryl methyl sites for hydroxylation is 1. The van der Waals surface area contributed by atoms with Crippen LogP contribution in [0.2, 0.25) is 0 Å². The number of carbonyl (C=O) groups is 2. The summed E-state index contributed by atoms with van der Waals surface area (Å²) in [5.41, 5.74) is 2.54. The molecule has 7 heteroatoms. The highest BCUT2D eigenvalue weighted by molar-refractivity contribution is 7.09. The molecular weight excluding hydrogens is 340 g/mol. The van der Waals surface area contributed by atoms with E-state index in [1.165, 1.54) is 7.11 Å². The van der Waals surface area contributed by atoms with E-state index in [-0.39, 0.29) is 18.3 Å². The Balaban J connectivity index is 1.88. The van der Waals surface area contributed by atoms with Gasteiger partial charge in [0, 0.05) is 23.9 Å². The maximum Gasteiger partial charge on any atom is 0.305 e. The van der Waals surface area contributed by atoms with E-state index < -0.39 is 6.10 Å². The normalized spacial score (nSPS) is 16.4. The van der Waals surface area contributed by atoms with Gasteiger partial charge in [0.1, 0.15) is 5.75 Å². The first kappa shape index (κ1) is 17.4. The van der Waals surface area contributed by atoms with Crippen molar-refractivity contribution in [2.45, 2.75) is 32.8 Å². The van der Waals surface area contributed by atoms with Crippen molar-refractivity contribution < 1.29 is 19.1 Å². The highest BCUT2D eigenvalue weighted by Crippen LogP contribution is 2.37. The monoisotopic (exact) mass is 360 g/mol. The maximum atomic E-state index is 12.6. The van der Waals surface area contributed by atoms with Crippen LogP contribution in [0.25, 0.3) is 11.3 Å². The van der Waals surface area contributed by atoms with Gasteiger partial charge in [-0.1, -0.05) is 0 Å². The number of methoxy groups -OCH3 is 1. The van der Waals surface area contributed by atoms with E-state index in [2.05, 4.69) is 9.72 Å². The third kappa shape index (κ3) is 3.66. The van der Waals surface area contributed by atoms with Crippen molar-refractivity contribution >= 4 is 28.9 Å². The van der Waals surface area contributed by atoms with Gasteiger partial charge in [0.25, 0.3) is 5.91 Å². The smallest absolute Gasteiger partial charge is 0.305 e. The first-order valence-electron chi connectivity index (χ1n) is 8.11. The predicted molar refractivity (Wildman–Crippen MR) is 96.0 cm³/mol. The van der Waals surface area contributed by atoms with Crippen molar-refractivity contribution in [3.63, 3.8) is 0 Å². The zero-order valence-corrected chi connectivity index (χ0v) is 15.3. The molecule has 0 bridgehead atoms. The van der Waals surface area contributed by atoms with Gasteiger partial charge in [-0.15, -0.1) is 11.3 Å². The van der Waals surface area contributed by atoms with Crippen molar-refractivity contribution in [1.82, 2.24) is 4.98 Å². The quantitative estimate of drug-likeness (QED) is 0.766. The number of aromatic nitrogens is 1. The average Bonchev–Trinajstić information content (AvgIpc) is 3.04.